The van der Waals surface area contributed by atoms with Crippen LogP contribution in [0.2, 0.25) is 0 Å². The molecule has 0 unspecified atom stereocenters. The van der Waals surface area contributed by atoms with Gasteiger partial charge in [-0.15, -0.1) is 0 Å². The summed E-state index contributed by atoms with van der Waals surface area (Å²) in [4.78, 5) is 0. The van der Waals surface area contributed by atoms with Gasteiger partial charge in [0.05, 0.1) is 5.75 Å². The van der Waals surface area contributed by atoms with Crippen LogP contribution >= 0.6 is 12.6 Å². The van der Waals surface area contributed by atoms with Crippen LogP contribution in [0.15, 0.2) is 0 Å². The number of rotatable bonds is 2. The molecule has 0 aromatic carbocycles. The maximum absolute atomic E-state index is 9.74. The van der Waals surface area contributed by atoms with E-state index in [-0.39, 0.29) is 70.6 Å². The van der Waals surface area contributed by atoms with E-state index in [9.17, 15) is 8.42 Å². The Balaban J connectivity index is -0.000000180. The fraction of sp³-hybridized carbons (Fsp3) is 1.00. The van der Waals surface area contributed by atoms with Gasteiger partial charge in [0.2, 0.25) is 0 Å². The third-order valence-electron chi connectivity index (χ3n) is 0.349. The summed E-state index contributed by atoms with van der Waals surface area (Å²) in [5.41, 5.74) is 0. The fourth-order valence-corrected chi connectivity index (χ4v) is 1.04. The van der Waals surface area contributed by atoms with Crippen LogP contribution in [0.25, 0.3) is 0 Å². The summed E-state index contributed by atoms with van der Waals surface area (Å²) in [6, 6.07) is 0. The van der Waals surface area contributed by atoms with Gasteiger partial charge >= 0.3 is 59.1 Å². The van der Waals surface area contributed by atoms with Crippen LogP contribution in [-0.4, -0.2) is 83.6 Å². The van der Waals surface area contributed by atoms with E-state index in [0.29, 0.717) is 0 Å². The summed E-state index contributed by atoms with van der Waals surface area (Å²) in [6.07, 6.45) is 0. The van der Waals surface area contributed by atoms with Crippen molar-refractivity contribution in [3.8, 4) is 0 Å². The average Bonchev–Trinajstić information content (AvgIpc) is 1.30. The van der Waals surface area contributed by atoms with Gasteiger partial charge in [-0.3, -0.25) is 4.55 Å². The van der Waals surface area contributed by atoms with E-state index < -0.39 is 10.1 Å². The summed E-state index contributed by atoms with van der Waals surface area (Å²) < 4.78 is 27.4. The molecule has 0 atom stereocenters. The SMILES string of the molecule is O=S(=O)(O)CCS.[NaH].[NaH]. The molecule has 0 aliphatic rings. The van der Waals surface area contributed by atoms with Crippen molar-refractivity contribution in [3.63, 3.8) is 0 Å². The molecule has 0 aromatic heterocycles. The second-order valence-electron chi connectivity index (χ2n) is 1.01. The van der Waals surface area contributed by atoms with Gasteiger partial charge < -0.3 is 0 Å². The molecule has 0 aliphatic carbocycles. The second-order valence-corrected chi connectivity index (χ2v) is 3.03. The van der Waals surface area contributed by atoms with Crippen molar-refractivity contribution in [1.82, 2.24) is 0 Å². The van der Waals surface area contributed by atoms with Crippen molar-refractivity contribution < 1.29 is 13.0 Å². The number of hydrogen-bond donors (Lipinski definition) is 2. The normalized spacial score (nSPS) is 9.11. The molecular formula is C2H8Na2O3S2. The molecule has 0 rings (SSSR count). The molecule has 7 heteroatoms. The molecule has 48 valence electrons. The third kappa shape index (κ3) is 17.9. The summed E-state index contributed by atoms with van der Waals surface area (Å²) >= 11 is 3.57. The molecule has 0 aliphatic heterocycles. The topological polar surface area (TPSA) is 54.4 Å². The quantitative estimate of drug-likeness (QED) is 0.317. The van der Waals surface area contributed by atoms with Gasteiger partial charge in [0.15, 0.2) is 0 Å². The molecule has 9 heavy (non-hydrogen) atoms. The summed E-state index contributed by atoms with van der Waals surface area (Å²) in [7, 11) is -3.75. The van der Waals surface area contributed by atoms with Gasteiger partial charge in [-0.05, 0) is 0 Å². The van der Waals surface area contributed by atoms with Crippen molar-refractivity contribution in [2.24, 2.45) is 0 Å². The van der Waals surface area contributed by atoms with Gasteiger partial charge in [-0.2, -0.15) is 21.0 Å². The van der Waals surface area contributed by atoms with Crippen LogP contribution in [0.4, 0.5) is 0 Å². The van der Waals surface area contributed by atoms with Crippen LogP contribution in [0.5, 0.6) is 0 Å². The van der Waals surface area contributed by atoms with Gasteiger partial charge in [-0.1, -0.05) is 0 Å². The molecule has 0 saturated heterocycles. The van der Waals surface area contributed by atoms with E-state index in [1.54, 1.807) is 0 Å². The zero-order chi connectivity index (χ0) is 5.91. The van der Waals surface area contributed by atoms with Crippen LogP contribution in [0.1, 0.15) is 0 Å². The van der Waals surface area contributed by atoms with E-state index >= 15 is 0 Å². The Morgan fingerprint density at radius 1 is 1.33 bits per heavy atom. The minimum absolute atomic E-state index is 0. The zero-order valence-electron chi connectivity index (χ0n) is 3.53. The van der Waals surface area contributed by atoms with E-state index in [1.165, 1.54) is 0 Å². The van der Waals surface area contributed by atoms with Gasteiger partial charge in [0.25, 0.3) is 10.1 Å². The van der Waals surface area contributed by atoms with E-state index in [2.05, 4.69) is 12.6 Å². The Morgan fingerprint density at radius 2 is 1.67 bits per heavy atom. The van der Waals surface area contributed by atoms with Crippen LogP contribution in [-0.2, 0) is 10.1 Å². The van der Waals surface area contributed by atoms with Gasteiger partial charge in [0.1, 0.15) is 0 Å². The molecule has 0 amide bonds. The first-order valence-electron chi connectivity index (χ1n) is 1.62. The standard InChI is InChI=1S/C2H6O3S2.2Na.2H/c3-7(4,5)2-1-6;;;;/h6H,1-2H2,(H,3,4,5);;;;. The first-order valence-corrected chi connectivity index (χ1v) is 3.86. The van der Waals surface area contributed by atoms with Crippen LogP contribution < -0.4 is 0 Å². The second kappa shape index (κ2) is 8.36. The predicted octanol–water partition coefficient (Wildman–Crippen LogP) is -1.49. The van der Waals surface area contributed by atoms with Gasteiger partial charge in [0, 0.05) is 5.75 Å². The first-order chi connectivity index (χ1) is 3.06. The van der Waals surface area contributed by atoms with Gasteiger partial charge in [-0.25, -0.2) is 0 Å². The van der Waals surface area contributed by atoms with Crippen molar-refractivity contribution in [3.05, 3.63) is 0 Å². The van der Waals surface area contributed by atoms with E-state index in [1.807, 2.05) is 0 Å². The van der Waals surface area contributed by atoms with E-state index in [4.69, 9.17) is 4.55 Å². The Morgan fingerprint density at radius 3 is 1.67 bits per heavy atom. The summed E-state index contributed by atoms with van der Waals surface area (Å²) in [5.74, 6) is -0.102. The Bertz CT molecular complexity index is 131. The minimum atomic E-state index is -3.75. The molecule has 1 N–H and O–H groups in total. The van der Waals surface area contributed by atoms with Crippen molar-refractivity contribution >= 4 is 81.9 Å². The number of thiol groups is 1. The molecule has 0 aromatic rings. The molecule has 0 saturated carbocycles. The zero-order valence-corrected chi connectivity index (χ0v) is 5.24. The molecule has 0 fully saturated rings. The molecule has 3 nitrogen and oxygen atoms in total. The molecule has 0 radical (unpaired) electrons. The Hall–Kier alpha value is 2.26. The monoisotopic (exact) mass is 190 g/mol. The van der Waals surface area contributed by atoms with Crippen LogP contribution in [0, 0.1) is 0 Å². The maximum atomic E-state index is 9.74. The molecule has 0 spiro atoms. The molecule has 0 heterocycles. The van der Waals surface area contributed by atoms with Crippen molar-refractivity contribution in [2.75, 3.05) is 11.5 Å². The fourth-order valence-electron chi connectivity index (χ4n) is 0.115. The Kier molecular flexibility index (Phi) is 16.1. The van der Waals surface area contributed by atoms with E-state index in [0.717, 1.165) is 0 Å². The van der Waals surface area contributed by atoms with Crippen molar-refractivity contribution in [2.45, 2.75) is 0 Å². The first kappa shape index (κ1) is 17.4. The summed E-state index contributed by atoms with van der Waals surface area (Å²) in [6.45, 7) is 0. The van der Waals surface area contributed by atoms with Crippen molar-refractivity contribution in [1.29, 1.82) is 0 Å². The van der Waals surface area contributed by atoms with Crippen LogP contribution in [0.3, 0.4) is 0 Å². The predicted molar refractivity (Wildman–Crippen MR) is 44.6 cm³/mol. The Labute approximate surface area is 105 Å². The number of hydrogen-bond acceptors (Lipinski definition) is 3. The molecule has 0 bridgehead atoms. The average molecular weight is 190 g/mol. The summed E-state index contributed by atoms with van der Waals surface area (Å²) in [5, 5.41) is 0. The third-order valence-corrected chi connectivity index (χ3v) is 1.60. The molecular weight excluding hydrogens is 182 g/mol.